The second-order valence-electron chi connectivity index (χ2n) is 5.01. The molecule has 0 atom stereocenters. The van der Waals surface area contributed by atoms with Gasteiger partial charge in [-0.15, -0.1) is 11.6 Å². The smallest absolute Gasteiger partial charge is 0.249 e. The topological polar surface area (TPSA) is 49.4 Å². The fourth-order valence-electron chi connectivity index (χ4n) is 2.52. The molecule has 2 rings (SSSR count). The normalized spacial score (nSPS) is 23.2. The van der Waals surface area contributed by atoms with E-state index in [9.17, 15) is 9.59 Å². The zero-order chi connectivity index (χ0) is 12.6. The molecule has 17 heavy (non-hydrogen) atoms. The Bertz CT molecular complexity index is 401. The average Bonchev–Trinajstić information content (AvgIpc) is 2.29. The minimum atomic E-state index is -0.845. The van der Waals surface area contributed by atoms with E-state index in [0.29, 0.717) is 0 Å². The van der Waals surface area contributed by atoms with Gasteiger partial charge in [0, 0.05) is 11.4 Å². The molecule has 0 bridgehead atoms. The molecule has 2 amide bonds. The summed E-state index contributed by atoms with van der Waals surface area (Å²) in [5.74, 6) is -0.412. The molecule has 94 valence electrons. The van der Waals surface area contributed by atoms with Crippen molar-refractivity contribution in [1.29, 1.82) is 0 Å². The Balaban J connectivity index is 2.46. The van der Waals surface area contributed by atoms with Crippen molar-refractivity contribution in [3.63, 3.8) is 0 Å². The molecule has 1 aliphatic heterocycles. The molecule has 1 N–H and O–H groups in total. The van der Waals surface area contributed by atoms with E-state index in [0.717, 1.165) is 37.1 Å². The first-order valence-electron chi connectivity index (χ1n) is 5.91. The molecule has 2 aliphatic rings. The zero-order valence-electron chi connectivity index (χ0n) is 10.2. The molecule has 0 spiro atoms. The second kappa shape index (κ2) is 4.33. The number of carbonyl (C=O) groups is 2. The molecule has 4 nitrogen and oxygen atoms in total. The van der Waals surface area contributed by atoms with Crippen LogP contribution in [0.2, 0.25) is 0 Å². The van der Waals surface area contributed by atoms with E-state index in [-0.39, 0.29) is 17.7 Å². The Morgan fingerprint density at radius 3 is 2.71 bits per heavy atom. The summed E-state index contributed by atoms with van der Waals surface area (Å²) in [4.78, 5) is 25.6. The number of alkyl halides is 1. The third kappa shape index (κ3) is 1.95. The van der Waals surface area contributed by atoms with Gasteiger partial charge in [-0.3, -0.25) is 14.5 Å². The molecule has 1 aliphatic carbocycles. The number of hydrogen-bond donors (Lipinski definition) is 1. The van der Waals surface area contributed by atoms with Crippen LogP contribution in [-0.2, 0) is 9.59 Å². The van der Waals surface area contributed by atoms with E-state index in [2.05, 4.69) is 5.32 Å². The summed E-state index contributed by atoms with van der Waals surface area (Å²) in [5, 5.41) is 2.92. The van der Waals surface area contributed by atoms with Crippen LogP contribution in [0.5, 0.6) is 0 Å². The summed E-state index contributed by atoms with van der Waals surface area (Å²) in [6.45, 7) is 3.51. The molecule has 0 aromatic heterocycles. The van der Waals surface area contributed by atoms with Crippen LogP contribution in [0.1, 0.15) is 39.5 Å². The Hall–Kier alpha value is -1.03. The van der Waals surface area contributed by atoms with Crippen LogP contribution in [0, 0.1) is 0 Å². The van der Waals surface area contributed by atoms with E-state index < -0.39 is 5.54 Å². The third-order valence-corrected chi connectivity index (χ3v) is 3.68. The van der Waals surface area contributed by atoms with Gasteiger partial charge < -0.3 is 5.32 Å². The molecule has 5 heteroatoms. The Labute approximate surface area is 106 Å². The molecule has 0 radical (unpaired) electrons. The van der Waals surface area contributed by atoms with Crippen LogP contribution < -0.4 is 5.32 Å². The van der Waals surface area contributed by atoms with Gasteiger partial charge in [-0.1, -0.05) is 0 Å². The Morgan fingerprint density at radius 1 is 1.41 bits per heavy atom. The fourth-order valence-corrected chi connectivity index (χ4v) is 2.64. The van der Waals surface area contributed by atoms with Crippen LogP contribution in [0.4, 0.5) is 0 Å². The van der Waals surface area contributed by atoms with Crippen molar-refractivity contribution in [2.45, 2.75) is 45.1 Å². The molecule has 0 fully saturated rings. The summed E-state index contributed by atoms with van der Waals surface area (Å²) in [6, 6.07) is 0. The summed E-state index contributed by atoms with van der Waals surface area (Å²) in [6.07, 6.45) is 3.78. The number of halogens is 1. The highest BCUT2D eigenvalue weighted by atomic mass is 35.5. The number of allylic oxidation sites excluding steroid dienone is 2. The molecule has 0 saturated carbocycles. The highest BCUT2D eigenvalue weighted by Crippen LogP contribution is 2.35. The zero-order valence-corrected chi connectivity index (χ0v) is 10.9. The van der Waals surface area contributed by atoms with Gasteiger partial charge in [0.2, 0.25) is 11.8 Å². The number of amides is 2. The summed E-state index contributed by atoms with van der Waals surface area (Å²) in [5.41, 5.74) is 1.01. The maximum Gasteiger partial charge on any atom is 0.249 e. The van der Waals surface area contributed by atoms with Gasteiger partial charge in [-0.05, 0) is 39.5 Å². The first kappa shape index (κ1) is 12.4. The molecule has 0 aromatic carbocycles. The molecular weight excluding hydrogens is 240 g/mol. The van der Waals surface area contributed by atoms with Crippen molar-refractivity contribution in [3.8, 4) is 0 Å². The van der Waals surface area contributed by atoms with Gasteiger partial charge in [-0.2, -0.15) is 0 Å². The number of nitrogens with one attached hydrogen (secondary N) is 1. The fraction of sp³-hybridized carbons (Fsp3) is 0.667. The van der Waals surface area contributed by atoms with Gasteiger partial charge in [0.1, 0.15) is 11.4 Å². The molecule has 0 saturated heterocycles. The van der Waals surface area contributed by atoms with Crippen molar-refractivity contribution >= 4 is 23.4 Å². The van der Waals surface area contributed by atoms with Gasteiger partial charge in [-0.25, -0.2) is 0 Å². The lowest BCUT2D eigenvalue weighted by molar-refractivity contribution is -0.143. The molecule has 1 heterocycles. The quantitative estimate of drug-likeness (QED) is 0.727. The summed E-state index contributed by atoms with van der Waals surface area (Å²) in [7, 11) is 0. The molecule has 0 aromatic rings. The first-order chi connectivity index (χ1) is 7.98. The van der Waals surface area contributed by atoms with Crippen molar-refractivity contribution in [2.24, 2.45) is 0 Å². The lowest BCUT2D eigenvalue weighted by atomic mass is 9.90. The largest absolute Gasteiger partial charge is 0.326 e. The predicted molar refractivity (Wildman–Crippen MR) is 65.3 cm³/mol. The monoisotopic (exact) mass is 256 g/mol. The lowest BCUT2D eigenvalue weighted by Gasteiger charge is -2.44. The maximum absolute atomic E-state index is 12.0. The lowest BCUT2D eigenvalue weighted by Crippen LogP contribution is -2.61. The van der Waals surface area contributed by atoms with E-state index >= 15 is 0 Å². The number of hydrogen-bond acceptors (Lipinski definition) is 2. The average molecular weight is 257 g/mol. The summed E-state index contributed by atoms with van der Waals surface area (Å²) >= 11 is 5.65. The minimum absolute atomic E-state index is 0.0898. The van der Waals surface area contributed by atoms with Gasteiger partial charge in [0.15, 0.2) is 0 Å². The van der Waals surface area contributed by atoms with Gasteiger partial charge in [0.25, 0.3) is 0 Å². The van der Waals surface area contributed by atoms with Crippen molar-refractivity contribution < 1.29 is 9.59 Å². The first-order valence-corrected chi connectivity index (χ1v) is 6.44. The van der Waals surface area contributed by atoms with Crippen molar-refractivity contribution in [3.05, 3.63) is 11.4 Å². The van der Waals surface area contributed by atoms with Gasteiger partial charge >= 0.3 is 0 Å². The highest BCUT2D eigenvalue weighted by Gasteiger charge is 2.44. The number of rotatable bonds is 1. The van der Waals surface area contributed by atoms with Crippen LogP contribution in [-0.4, -0.2) is 28.1 Å². The Morgan fingerprint density at radius 2 is 2.06 bits per heavy atom. The van der Waals surface area contributed by atoms with Crippen molar-refractivity contribution in [1.82, 2.24) is 10.2 Å². The third-order valence-electron chi connectivity index (χ3n) is 3.45. The highest BCUT2D eigenvalue weighted by molar-refractivity contribution is 6.27. The van der Waals surface area contributed by atoms with Crippen LogP contribution in [0.15, 0.2) is 11.4 Å². The van der Waals surface area contributed by atoms with Crippen LogP contribution in [0.25, 0.3) is 0 Å². The predicted octanol–water partition coefficient (Wildman–Crippen LogP) is 1.75. The van der Waals surface area contributed by atoms with Gasteiger partial charge in [0.05, 0.1) is 0 Å². The van der Waals surface area contributed by atoms with Crippen LogP contribution in [0.3, 0.4) is 0 Å². The molecule has 0 unspecified atom stereocenters. The standard InChI is InChI=1S/C12H17ClN2O2/c1-12(2)11(17)14-8-5-3-4-6-9(8)15(12)10(16)7-13/h3-7H2,1-2H3,(H,14,17). The van der Waals surface area contributed by atoms with E-state index in [1.165, 1.54) is 0 Å². The second-order valence-corrected chi connectivity index (χ2v) is 5.28. The minimum Gasteiger partial charge on any atom is -0.326 e. The van der Waals surface area contributed by atoms with E-state index in [4.69, 9.17) is 11.6 Å². The van der Waals surface area contributed by atoms with E-state index in [1.54, 1.807) is 18.7 Å². The van der Waals surface area contributed by atoms with E-state index in [1.807, 2.05) is 0 Å². The van der Waals surface area contributed by atoms with Crippen molar-refractivity contribution in [2.75, 3.05) is 5.88 Å². The van der Waals surface area contributed by atoms with Crippen LogP contribution >= 0.6 is 11.6 Å². The summed E-state index contributed by atoms with van der Waals surface area (Å²) < 4.78 is 0. The number of nitrogens with zero attached hydrogens (tertiary/aromatic N) is 1. The number of carbonyl (C=O) groups excluding carboxylic acids is 2. The SMILES string of the molecule is CC1(C)C(=O)NC2=C(CCCC2)N1C(=O)CCl. The maximum atomic E-state index is 12.0. The molecular formula is C12H17ClN2O2. The Kier molecular flexibility index (Phi) is 3.17.